The summed E-state index contributed by atoms with van der Waals surface area (Å²) in [7, 11) is 0. The Bertz CT molecular complexity index is 430. The first-order chi connectivity index (χ1) is 9.60. The number of ether oxygens (including phenoxy) is 1. The van der Waals surface area contributed by atoms with E-state index in [1.165, 1.54) is 22.3 Å². The molecule has 0 spiro atoms. The molecule has 1 saturated heterocycles. The van der Waals surface area contributed by atoms with E-state index >= 15 is 0 Å². The third-order valence-corrected chi connectivity index (χ3v) is 5.07. The van der Waals surface area contributed by atoms with Gasteiger partial charge in [-0.25, -0.2) is 0 Å². The molecule has 0 saturated carbocycles. The van der Waals surface area contributed by atoms with Gasteiger partial charge in [0.15, 0.2) is 0 Å². The molecule has 0 radical (unpaired) electrons. The SMILES string of the molecule is CCc1cc(CC)c(C(Cl)C2COC(C)C2)c(CC)c1. The average molecular weight is 295 g/mol. The second kappa shape index (κ2) is 6.95. The van der Waals surface area contributed by atoms with Crippen LogP contribution in [0.2, 0.25) is 0 Å². The van der Waals surface area contributed by atoms with E-state index in [4.69, 9.17) is 16.3 Å². The average Bonchev–Trinajstić information content (AvgIpc) is 2.91. The van der Waals surface area contributed by atoms with Gasteiger partial charge >= 0.3 is 0 Å². The van der Waals surface area contributed by atoms with Crippen molar-refractivity contribution in [2.45, 2.75) is 64.9 Å². The number of hydrogen-bond acceptors (Lipinski definition) is 1. The van der Waals surface area contributed by atoms with Crippen LogP contribution in [-0.4, -0.2) is 12.7 Å². The molecular weight excluding hydrogens is 268 g/mol. The van der Waals surface area contributed by atoms with Crippen LogP contribution in [0.5, 0.6) is 0 Å². The van der Waals surface area contributed by atoms with Gasteiger partial charge in [0, 0.05) is 5.92 Å². The Labute approximate surface area is 128 Å². The predicted octanol–water partition coefficient (Wildman–Crippen LogP) is 5.08. The minimum atomic E-state index is 0.0933. The Morgan fingerprint density at radius 3 is 2.15 bits per heavy atom. The van der Waals surface area contributed by atoms with E-state index in [-0.39, 0.29) is 5.38 Å². The van der Waals surface area contributed by atoms with Crippen molar-refractivity contribution in [2.24, 2.45) is 5.92 Å². The van der Waals surface area contributed by atoms with Crippen LogP contribution in [0, 0.1) is 5.92 Å². The second-order valence-corrected chi connectivity index (χ2v) is 6.40. The minimum absolute atomic E-state index is 0.0933. The summed E-state index contributed by atoms with van der Waals surface area (Å²) >= 11 is 6.86. The van der Waals surface area contributed by atoms with Crippen molar-refractivity contribution in [3.05, 3.63) is 34.4 Å². The van der Waals surface area contributed by atoms with E-state index in [1.807, 2.05) is 0 Å². The van der Waals surface area contributed by atoms with Crippen molar-refractivity contribution in [2.75, 3.05) is 6.61 Å². The lowest BCUT2D eigenvalue weighted by Gasteiger charge is -2.23. The summed E-state index contributed by atoms with van der Waals surface area (Å²) in [5.41, 5.74) is 5.68. The Hall–Kier alpha value is -0.530. The quantitative estimate of drug-likeness (QED) is 0.688. The van der Waals surface area contributed by atoms with E-state index < -0.39 is 0 Å². The van der Waals surface area contributed by atoms with Gasteiger partial charge < -0.3 is 4.74 Å². The topological polar surface area (TPSA) is 9.23 Å². The fourth-order valence-electron chi connectivity index (χ4n) is 3.28. The summed E-state index contributed by atoms with van der Waals surface area (Å²) in [6.45, 7) is 9.63. The van der Waals surface area contributed by atoms with Gasteiger partial charge in [0.1, 0.15) is 0 Å². The zero-order valence-corrected chi connectivity index (χ0v) is 14.0. The molecule has 2 rings (SSSR count). The first-order valence-electron chi connectivity index (χ1n) is 8.00. The first kappa shape index (κ1) is 15.9. The van der Waals surface area contributed by atoms with Crippen LogP contribution in [-0.2, 0) is 24.0 Å². The summed E-state index contributed by atoms with van der Waals surface area (Å²) in [5.74, 6) is 0.453. The Morgan fingerprint density at radius 2 is 1.75 bits per heavy atom. The summed E-state index contributed by atoms with van der Waals surface area (Å²) in [6, 6.07) is 4.70. The largest absolute Gasteiger partial charge is 0.378 e. The van der Waals surface area contributed by atoms with E-state index in [2.05, 4.69) is 39.8 Å². The van der Waals surface area contributed by atoms with Crippen molar-refractivity contribution < 1.29 is 4.74 Å². The molecule has 20 heavy (non-hydrogen) atoms. The van der Waals surface area contributed by atoms with Gasteiger partial charge in [-0.05, 0) is 54.9 Å². The van der Waals surface area contributed by atoms with Gasteiger partial charge in [-0.2, -0.15) is 0 Å². The first-order valence-corrected chi connectivity index (χ1v) is 8.44. The van der Waals surface area contributed by atoms with Crippen LogP contribution in [0.3, 0.4) is 0 Å². The van der Waals surface area contributed by atoms with E-state index in [0.717, 1.165) is 32.3 Å². The molecule has 2 heteroatoms. The highest BCUT2D eigenvalue weighted by Gasteiger charge is 2.31. The fraction of sp³-hybridized carbons (Fsp3) is 0.667. The standard InChI is InChI=1S/C18H27ClO/c1-5-13-9-14(6-2)17(15(7-3)10-13)18(19)16-8-12(4)20-11-16/h9-10,12,16,18H,5-8,11H2,1-4H3. The molecule has 0 N–H and O–H groups in total. The number of alkyl halides is 1. The molecule has 3 unspecified atom stereocenters. The van der Waals surface area contributed by atoms with E-state index in [9.17, 15) is 0 Å². The molecule has 1 aliphatic heterocycles. The zero-order valence-electron chi connectivity index (χ0n) is 13.2. The Morgan fingerprint density at radius 1 is 1.15 bits per heavy atom. The van der Waals surface area contributed by atoms with Crippen molar-refractivity contribution in [3.8, 4) is 0 Å². The van der Waals surface area contributed by atoms with Gasteiger partial charge in [0.25, 0.3) is 0 Å². The third kappa shape index (κ3) is 3.20. The van der Waals surface area contributed by atoms with Crippen LogP contribution in [0.15, 0.2) is 12.1 Å². The molecular formula is C18H27ClO. The highest BCUT2D eigenvalue weighted by Crippen LogP contribution is 2.40. The maximum Gasteiger partial charge on any atom is 0.0641 e. The molecule has 112 valence electrons. The van der Waals surface area contributed by atoms with Gasteiger partial charge in [-0.3, -0.25) is 0 Å². The number of aryl methyl sites for hydroxylation is 3. The number of halogens is 1. The summed E-state index contributed by atoms with van der Waals surface area (Å²) in [5, 5.41) is 0.0933. The second-order valence-electron chi connectivity index (χ2n) is 5.93. The van der Waals surface area contributed by atoms with Gasteiger partial charge in [0.05, 0.1) is 18.1 Å². The highest BCUT2D eigenvalue weighted by molar-refractivity contribution is 6.21. The molecule has 1 fully saturated rings. The minimum Gasteiger partial charge on any atom is -0.378 e. The Kier molecular flexibility index (Phi) is 5.51. The number of rotatable bonds is 5. The fourth-order valence-corrected chi connectivity index (χ4v) is 3.74. The van der Waals surface area contributed by atoms with Gasteiger partial charge in [-0.15, -0.1) is 11.6 Å². The summed E-state index contributed by atoms with van der Waals surface area (Å²) < 4.78 is 5.72. The van der Waals surface area contributed by atoms with Crippen LogP contribution in [0.4, 0.5) is 0 Å². The van der Waals surface area contributed by atoms with Crippen molar-refractivity contribution >= 4 is 11.6 Å². The lowest BCUT2D eigenvalue weighted by atomic mass is 9.86. The summed E-state index contributed by atoms with van der Waals surface area (Å²) in [6.07, 6.45) is 4.64. The molecule has 0 aromatic heterocycles. The number of benzene rings is 1. The molecule has 1 aromatic carbocycles. The highest BCUT2D eigenvalue weighted by atomic mass is 35.5. The smallest absolute Gasteiger partial charge is 0.0641 e. The van der Waals surface area contributed by atoms with Crippen LogP contribution in [0.1, 0.15) is 61.7 Å². The molecule has 1 heterocycles. The van der Waals surface area contributed by atoms with E-state index in [0.29, 0.717) is 12.0 Å². The lowest BCUT2D eigenvalue weighted by Crippen LogP contribution is -2.13. The molecule has 3 atom stereocenters. The van der Waals surface area contributed by atoms with Crippen LogP contribution in [0.25, 0.3) is 0 Å². The molecule has 1 nitrogen and oxygen atoms in total. The monoisotopic (exact) mass is 294 g/mol. The molecule has 1 aliphatic rings. The molecule has 0 amide bonds. The normalized spacial score (nSPS) is 24.1. The van der Waals surface area contributed by atoms with Crippen LogP contribution < -0.4 is 0 Å². The van der Waals surface area contributed by atoms with Crippen molar-refractivity contribution in [3.63, 3.8) is 0 Å². The molecule has 0 bridgehead atoms. The lowest BCUT2D eigenvalue weighted by molar-refractivity contribution is 0.119. The Balaban J connectivity index is 2.38. The molecule has 1 aromatic rings. The van der Waals surface area contributed by atoms with Gasteiger partial charge in [0.2, 0.25) is 0 Å². The van der Waals surface area contributed by atoms with Gasteiger partial charge in [-0.1, -0.05) is 32.9 Å². The van der Waals surface area contributed by atoms with Crippen molar-refractivity contribution in [1.29, 1.82) is 0 Å². The maximum absolute atomic E-state index is 6.86. The van der Waals surface area contributed by atoms with E-state index in [1.54, 1.807) is 0 Å². The molecule has 0 aliphatic carbocycles. The summed E-state index contributed by atoms with van der Waals surface area (Å²) in [4.78, 5) is 0. The van der Waals surface area contributed by atoms with Crippen molar-refractivity contribution in [1.82, 2.24) is 0 Å². The predicted molar refractivity (Wildman–Crippen MR) is 86.7 cm³/mol. The van der Waals surface area contributed by atoms with Crippen LogP contribution >= 0.6 is 11.6 Å². The third-order valence-electron chi connectivity index (χ3n) is 4.50. The number of hydrogen-bond donors (Lipinski definition) is 0. The zero-order chi connectivity index (χ0) is 14.7. The maximum atomic E-state index is 6.86.